The van der Waals surface area contributed by atoms with Gasteiger partial charge >= 0.3 is 6.03 Å². The number of urea groups is 1. The lowest BCUT2D eigenvalue weighted by Gasteiger charge is -2.54. The summed E-state index contributed by atoms with van der Waals surface area (Å²) >= 11 is 0. The SMILES string of the molecule is C=CCOC(O)NCCC[C@H]1C(=O)N(CCC(C)C)C[C@H]2N1C(=O)CN(C)N2C(=O)NCc1ccc(F)cc1. The minimum absolute atomic E-state index is 0.0530. The van der Waals surface area contributed by atoms with Crippen molar-refractivity contribution in [2.45, 2.75) is 58.3 Å². The predicted octanol–water partition coefficient (Wildman–Crippen LogP) is 1.46. The second-order valence-electron chi connectivity index (χ2n) is 10.3. The zero-order valence-corrected chi connectivity index (χ0v) is 23.0. The van der Waals surface area contributed by atoms with Gasteiger partial charge in [0.25, 0.3) is 0 Å². The first-order valence-electron chi connectivity index (χ1n) is 13.4. The van der Waals surface area contributed by atoms with E-state index in [1.54, 1.807) is 29.1 Å². The van der Waals surface area contributed by atoms with Gasteiger partial charge in [-0.2, -0.15) is 0 Å². The number of benzene rings is 1. The molecular weight excluding hydrogens is 507 g/mol. The normalized spacial score (nSPS) is 20.8. The van der Waals surface area contributed by atoms with Gasteiger partial charge in [0.05, 0.1) is 19.7 Å². The van der Waals surface area contributed by atoms with Gasteiger partial charge in [-0.1, -0.05) is 32.1 Å². The zero-order valence-electron chi connectivity index (χ0n) is 23.0. The lowest BCUT2D eigenvalue weighted by atomic mass is 10.0. The highest BCUT2D eigenvalue weighted by Crippen LogP contribution is 2.28. The van der Waals surface area contributed by atoms with Gasteiger partial charge in [-0.15, -0.1) is 6.58 Å². The Balaban J connectivity index is 1.75. The number of hydrazine groups is 1. The molecule has 2 aliphatic rings. The van der Waals surface area contributed by atoms with Crippen molar-refractivity contribution < 1.29 is 28.6 Å². The van der Waals surface area contributed by atoms with Crippen LogP contribution < -0.4 is 10.6 Å². The number of aliphatic hydroxyl groups excluding tert-OH is 1. The second-order valence-corrected chi connectivity index (χ2v) is 10.3. The van der Waals surface area contributed by atoms with E-state index in [1.807, 2.05) is 0 Å². The number of fused-ring (bicyclic) bond motifs is 1. The molecule has 216 valence electrons. The molecule has 11 nitrogen and oxygen atoms in total. The van der Waals surface area contributed by atoms with Gasteiger partial charge in [-0.25, -0.2) is 19.2 Å². The third kappa shape index (κ3) is 8.21. The predicted molar refractivity (Wildman–Crippen MR) is 143 cm³/mol. The molecular formula is C27H41FN6O5. The van der Waals surface area contributed by atoms with E-state index >= 15 is 0 Å². The van der Waals surface area contributed by atoms with E-state index in [4.69, 9.17) is 4.74 Å². The van der Waals surface area contributed by atoms with Crippen LogP contribution in [-0.4, -0.2) is 101 Å². The number of nitrogens with one attached hydrogen (secondary N) is 2. The Morgan fingerprint density at radius 3 is 2.67 bits per heavy atom. The van der Waals surface area contributed by atoms with Crippen LogP contribution in [0.25, 0.3) is 0 Å². The van der Waals surface area contributed by atoms with Gasteiger partial charge < -0.3 is 25.0 Å². The molecule has 0 aromatic heterocycles. The van der Waals surface area contributed by atoms with Crippen LogP contribution in [0.3, 0.4) is 0 Å². The first-order chi connectivity index (χ1) is 18.6. The molecule has 1 unspecified atom stereocenters. The Kier molecular flexibility index (Phi) is 11.2. The number of ether oxygens (including phenoxy) is 1. The van der Waals surface area contributed by atoms with Crippen LogP contribution in [0.2, 0.25) is 0 Å². The van der Waals surface area contributed by atoms with Crippen molar-refractivity contribution in [3.8, 4) is 0 Å². The van der Waals surface area contributed by atoms with Gasteiger partial charge in [0.2, 0.25) is 18.2 Å². The Labute approximate surface area is 229 Å². The van der Waals surface area contributed by atoms with Crippen LogP contribution in [0.4, 0.5) is 9.18 Å². The van der Waals surface area contributed by atoms with Gasteiger partial charge in [-0.3, -0.25) is 14.9 Å². The van der Waals surface area contributed by atoms with Crippen LogP contribution >= 0.6 is 0 Å². The lowest BCUT2D eigenvalue weighted by Crippen LogP contribution is -2.76. The largest absolute Gasteiger partial charge is 0.356 e. The van der Waals surface area contributed by atoms with E-state index in [0.29, 0.717) is 31.8 Å². The summed E-state index contributed by atoms with van der Waals surface area (Å²) in [7, 11) is 1.67. The van der Waals surface area contributed by atoms with Crippen molar-refractivity contribution in [2.75, 3.05) is 39.8 Å². The Bertz CT molecular complexity index is 993. The smallest absolute Gasteiger partial charge is 0.334 e. The molecule has 1 aromatic carbocycles. The molecule has 0 bridgehead atoms. The second kappa shape index (κ2) is 14.4. The molecule has 0 spiro atoms. The summed E-state index contributed by atoms with van der Waals surface area (Å²) in [5.74, 6) is -0.348. The summed E-state index contributed by atoms with van der Waals surface area (Å²) < 4.78 is 18.4. The van der Waals surface area contributed by atoms with E-state index in [1.165, 1.54) is 28.1 Å². The summed E-state index contributed by atoms with van der Waals surface area (Å²) in [6.07, 6.45) is 1.33. The maximum atomic E-state index is 13.6. The molecule has 0 aliphatic carbocycles. The molecule has 2 aliphatic heterocycles. The first-order valence-corrected chi connectivity index (χ1v) is 13.4. The van der Waals surface area contributed by atoms with E-state index in [-0.39, 0.29) is 43.9 Å². The number of hydrogen-bond acceptors (Lipinski definition) is 7. The average Bonchev–Trinajstić information content (AvgIpc) is 2.89. The lowest BCUT2D eigenvalue weighted by molar-refractivity contribution is -0.187. The third-order valence-electron chi connectivity index (χ3n) is 6.83. The van der Waals surface area contributed by atoms with Crippen molar-refractivity contribution >= 4 is 17.8 Å². The summed E-state index contributed by atoms with van der Waals surface area (Å²) in [5.41, 5.74) is 0.736. The fourth-order valence-corrected chi connectivity index (χ4v) is 4.80. The van der Waals surface area contributed by atoms with Crippen LogP contribution in [0.15, 0.2) is 36.9 Å². The number of aliphatic hydroxyl groups is 1. The minimum atomic E-state index is -1.16. The zero-order chi connectivity index (χ0) is 28.5. The summed E-state index contributed by atoms with van der Waals surface area (Å²) in [6.45, 7) is 9.11. The molecule has 3 atom stereocenters. The average molecular weight is 549 g/mol. The Hall–Kier alpha value is -3.06. The molecule has 0 radical (unpaired) electrons. The van der Waals surface area contributed by atoms with Crippen molar-refractivity contribution in [2.24, 2.45) is 5.92 Å². The Morgan fingerprint density at radius 2 is 2.00 bits per heavy atom. The maximum Gasteiger partial charge on any atom is 0.334 e. The van der Waals surface area contributed by atoms with E-state index in [0.717, 1.165) is 12.0 Å². The Morgan fingerprint density at radius 1 is 1.28 bits per heavy atom. The first kappa shape index (κ1) is 30.5. The molecule has 12 heteroatoms. The molecule has 2 fully saturated rings. The molecule has 4 amide bonds. The number of piperazine rings is 1. The number of amides is 4. The number of hydrogen-bond donors (Lipinski definition) is 3. The standard InChI is InChI=1S/C27H41FN6O5/c1-5-15-39-27(38)29-13-6-7-22-25(36)32(14-12-19(2)3)17-23-33(22)24(35)18-31(4)34(23)26(37)30-16-20-8-10-21(28)11-9-20/h5,8-11,19,22-23,27,29,38H,1,6-7,12-18H2,2-4H3,(H,30,37)/t22-,23-,27?/m0/s1. The topological polar surface area (TPSA) is 118 Å². The molecule has 2 saturated heterocycles. The highest BCUT2D eigenvalue weighted by molar-refractivity contribution is 5.91. The van der Waals surface area contributed by atoms with Crippen LogP contribution in [0.5, 0.6) is 0 Å². The van der Waals surface area contributed by atoms with Crippen molar-refractivity contribution in [1.82, 2.24) is 30.5 Å². The van der Waals surface area contributed by atoms with Crippen LogP contribution in [0, 0.1) is 11.7 Å². The van der Waals surface area contributed by atoms with Crippen LogP contribution in [-0.2, 0) is 20.9 Å². The van der Waals surface area contributed by atoms with Gasteiger partial charge in [-0.05, 0) is 49.4 Å². The van der Waals surface area contributed by atoms with E-state index in [2.05, 4.69) is 31.1 Å². The molecule has 3 rings (SSSR count). The van der Waals surface area contributed by atoms with Gasteiger partial charge in [0.15, 0.2) is 0 Å². The number of nitrogens with zero attached hydrogens (tertiary/aromatic N) is 4. The number of carbonyl (C=O) groups excluding carboxylic acids is 3. The quantitative estimate of drug-likeness (QED) is 0.194. The van der Waals surface area contributed by atoms with Gasteiger partial charge in [0, 0.05) is 20.1 Å². The summed E-state index contributed by atoms with van der Waals surface area (Å²) in [5, 5.41) is 18.6. The van der Waals surface area contributed by atoms with Crippen LogP contribution in [0.1, 0.15) is 38.7 Å². The van der Waals surface area contributed by atoms with Crippen molar-refractivity contribution in [1.29, 1.82) is 0 Å². The molecule has 0 saturated carbocycles. The highest BCUT2D eigenvalue weighted by atomic mass is 19.1. The molecule has 2 heterocycles. The fraction of sp³-hybridized carbons (Fsp3) is 0.593. The number of halogens is 1. The van der Waals surface area contributed by atoms with E-state index in [9.17, 15) is 23.9 Å². The molecule has 1 aromatic rings. The molecule has 39 heavy (non-hydrogen) atoms. The van der Waals surface area contributed by atoms with Crippen molar-refractivity contribution in [3.05, 3.63) is 48.3 Å². The third-order valence-corrected chi connectivity index (χ3v) is 6.83. The summed E-state index contributed by atoms with van der Waals surface area (Å²) in [4.78, 5) is 43.5. The highest BCUT2D eigenvalue weighted by Gasteiger charge is 2.50. The van der Waals surface area contributed by atoms with Crippen molar-refractivity contribution in [3.63, 3.8) is 0 Å². The maximum absolute atomic E-state index is 13.6. The summed E-state index contributed by atoms with van der Waals surface area (Å²) in [6, 6.07) is 4.71. The number of carbonyl (C=O) groups is 3. The number of likely N-dealkylation sites (N-methyl/N-ethyl adjacent to an activating group) is 1. The number of rotatable bonds is 13. The monoisotopic (exact) mass is 548 g/mol. The minimum Gasteiger partial charge on any atom is -0.356 e. The van der Waals surface area contributed by atoms with Gasteiger partial charge in [0.1, 0.15) is 18.0 Å². The fourth-order valence-electron chi connectivity index (χ4n) is 4.80. The van der Waals surface area contributed by atoms with E-state index < -0.39 is 24.7 Å². The molecule has 3 N–H and O–H groups in total.